The van der Waals surface area contributed by atoms with Crippen LogP contribution in [0, 0.1) is 0 Å². The molecule has 4 aromatic carbocycles. The summed E-state index contributed by atoms with van der Waals surface area (Å²) in [5.41, 5.74) is 9.92. The van der Waals surface area contributed by atoms with Gasteiger partial charge in [-0.2, -0.15) is 45.3 Å². The van der Waals surface area contributed by atoms with Gasteiger partial charge in [0.05, 0.1) is 34.1 Å². The van der Waals surface area contributed by atoms with Crippen LogP contribution in [0.5, 0.6) is 0 Å². The number of hydrogen-bond donors (Lipinski definition) is 0. The Morgan fingerprint density at radius 1 is 0.413 bits per heavy atom. The summed E-state index contributed by atoms with van der Waals surface area (Å²) in [5, 5.41) is 25.8. The Bertz CT molecular complexity index is 2030. The van der Waals surface area contributed by atoms with Crippen LogP contribution in [0.3, 0.4) is 0 Å². The van der Waals surface area contributed by atoms with Crippen molar-refractivity contribution in [3.8, 4) is 0 Å². The number of hydrogen-bond acceptors (Lipinski definition) is 6. The molecule has 0 fully saturated rings. The Kier molecular flexibility index (Phi) is 7.07. The van der Waals surface area contributed by atoms with Gasteiger partial charge in [-0.05, 0) is 101 Å². The van der Waals surface area contributed by atoms with E-state index >= 15 is 0 Å². The fraction of sp³-hybridized carbons (Fsp3) is 0.200. The highest BCUT2D eigenvalue weighted by molar-refractivity contribution is 7.09. The van der Waals surface area contributed by atoms with Gasteiger partial charge in [-0.1, -0.05) is 65.8 Å². The molecular formula is C40H36N2S4. The van der Waals surface area contributed by atoms with Crippen LogP contribution in [0.1, 0.15) is 52.7 Å². The molecule has 0 amide bonds. The maximum atomic E-state index is 2.46. The van der Waals surface area contributed by atoms with Crippen molar-refractivity contribution in [2.75, 3.05) is 9.80 Å². The van der Waals surface area contributed by atoms with Crippen molar-refractivity contribution in [2.45, 2.75) is 52.4 Å². The van der Waals surface area contributed by atoms with Gasteiger partial charge in [0.15, 0.2) is 0 Å². The van der Waals surface area contributed by atoms with Gasteiger partial charge in [0.1, 0.15) is 0 Å². The third kappa shape index (κ3) is 4.77. The van der Waals surface area contributed by atoms with Gasteiger partial charge in [0.2, 0.25) is 0 Å². The van der Waals surface area contributed by atoms with Crippen molar-refractivity contribution in [3.05, 3.63) is 115 Å². The Morgan fingerprint density at radius 2 is 0.717 bits per heavy atom. The molecule has 0 saturated carbocycles. The van der Waals surface area contributed by atoms with E-state index < -0.39 is 0 Å². The molecule has 230 valence electrons. The number of anilines is 6. The predicted molar refractivity (Wildman–Crippen MR) is 208 cm³/mol. The molecule has 0 spiro atoms. The molecule has 0 bridgehead atoms. The Labute approximate surface area is 287 Å². The first-order chi connectivity index (χ1) is 22.1. The van der Waals surface area contributed by atoms with Crippen molar-refractivity contribution in [1.82, 2.24) is 0 Å². The lowest BCUT2D eigenvalue weighted by atomic mass is 9.77. The van der Waals surface area contributed by atoms with Crippen LogP contribution >= 0.6 is 45.3 Å². The molecule has 8 rings (SSSR count). The molecular weight excluding hydrogens is 637 g/mol. The van der Waals surface area contributed by atoms with Crippen LogP contribution in [0.25, 0.3) is 32.3 Å². The van der Waals surface area contributed by atoms with Gasteiger partial charge in [0.25, 0.3) is 0 Å². The third-order valence-corrected chi connectivity index (χ3v) is 11.7. The van der Waals surface area contributed by atoms with Crippen molar-refractivity contribution in [3.63, 3.8) is 0 Å². The van der Waals surface area contributed by atoms with Crippen molar-refractivity contribution in [1.29, 1.82) is 0 Å². The molecule has 0 aliphatic heterocycles. The fourth-order valence-corrected chi connectivity index (χ4v) is 9.44. The SMILES string of the molecule is CC(C)(C)c1cc(N(c2ccsc2)c2ccsc2)c2ccc3c(C(C)(C)C)cc(N(c4ccsc4)c4ccsc4)c4ccc1c2c43. The topological polar surface area (TPSA) is 6.48 Å². The average molecular weight is 673 g/mol. The molecule has 0 unspecified atom stereocenters. The summed E-state index contributed by atoms with van der Waals surface area (Å²) in [4.78, 5) is 4.92. The molecule has 8 aromatic rings. The molecule has 0 radical (unpaired) electrons. The molecule has 0 N–H and O–H groups in total. The minimum Gasteiger partial charge on any atom is -0.308 e. The maximum Gasteiger partial charge on any atom is 0.0569 e. The highest BCUT2D eigenvalue weighted by atomic mass is 32.1. The minimum absolute atomic E-state index is 0.0545. The van der Waals surface area contributed by atoms with Crippen molar-refractivity contribution >= 4 is 112 Å². The van der Waals surface area contributed by atoms with E-state index in [0.29, 0.717) is 0 Å². The Morgan fingerprint density at radius 3 is 0.978 bits per heavy atom. The summed E-state index contributed by atoms with van der Waals surface area (Å²) in [5.74, 6) is 0. The standard InChI is InChI=1S/C40H36N2S4/c1-39(2,3)33-19-35(41(25-11-15-43-21-25)26-12-16-44-22-26)31-10-8-30-34(40(4,5)6)20-36(32-9-7-29(33)37(31)38(30)32)42(27-13-17-45-23-27)28-14-18-46-24-28/h7-24H,1-6H3. The fourth-order valence-electron chi connectivity index (χ4n) is 6.96. The van der Waals surface area contributed by atoms with Gasteiger partial charge < -0.3 is 9.80 Å². The second-order valence-corrected chi connectivity index (χ2v) is 17.2. The van der Waals surface area contributed by atoms with Crippen LogP contribution < -0.4 is 9.80 Å². The largest absolute Gasteiger partial charge is 0.308 e. The number of benzene rings is 4. The zero-order chi connectivity index (χ0) is 31.8. The van der Waals surface area contributed by atoms with E-state index in [2.05, 4.69) is 155 Å². The third-order valence-electron chi connectivity index (χ3n) is 9.01. The highest BCUT2D eigenvalue weighted by Crippen LogP contribution is 2.52. The zero-order valence-electron chi connectivity index (χ0n) is 26.9. The quantitative estimate of drug-likeness (QED) is 0.162. The summed E-state index contributed by atoms with van der Waals surface area (Å²) in [6.45, 7) is 14.1. The summed E-state index contributed by atoms with van der Waals surface area (Å²) < 4.78 is 0. The lowest BCUT2D eigenvalue weighted by molar-refractivity contribution is 0.595. The summed E-state index contributed by atoms with van der Waals surface area (Å²) in [7, 11) is 0. The van der Waals surface area contributed by atoms with Crippen LogP contribution in [0.4, 0.5) is 34.1 Å². The van der Waals surface area contributed by atoms with E-state index in [9.17, 15) is 0 Å². The molecule has 0 aliphatic carbocycles. The number of nitrogens with zero attached hydrogens (tertiary/aromatic N) is 2. The smallest absolute Gasteiger partial charge is 0.0569 e. The summed E-state index contributed by atoms with van der Waals surface area (Å²) >= 11 is 6.99. The monoisotopic (exact) mass is 672 g/mol. The lowest BCUT2D eigenvalue weighted by Gasteiger charge is -2.32. The van der Waals surface area contributed by atoms with E-state index in [1.54, 1.807) is 45.3 Å². The molecule has 46 heavy (non-hydrogen) atoms. The predicted octanol–water partition coefficient (Wildman–Crippen LogP) is 14.4. The van der Waals surface area contributed by atoms with Crippen LogP contribution in [0.2, 0.25) is 0 Å². The normalized spacial score (nSPS) is 12.6. The molecule has 2 nitrogen and oxygen atoms in total. The lowest BCUT2D eigenvalue weighted by Crippen LogP contribution is -2.17. The molecule has 0 atom stereocenters. The van der Waals surface area contributed by atoms with Gasteiger partial charge in [-0.3, -0.25) is 0 Å². The zero-order valence-corrected chi connectivity index (χ0v) is 30.2. The first-order valence-corrected chi connectivity index (χ1v) is 19.4. The molecule has 6 heteroatoms. The van der Waals surface area contributed by atoms with Crippen LogP contribution in [-0.2, 0) is 10.8 Å². The molecule has 0 saturated heterocycles. The number of rotatable bonds is 6. The first-order valence-electron chi connectivity index (χ1n) is 15.6. The van der Waals surface area contributed by atoms with Crippen molar-refractivity contribution in [2.24, 2.45) is 0 Å². The van der Waals surface area contributed by atoms with Gasteiger partial charge >= 0.3 is 0 Å². The van der Waals surface area contributed by atoms with Crippen molar-refractivity contribution < 1.29 is 0 Å². The van der Waals surface area contributed by atoms with Gasteiger partial charge in [-0.15, -0.1) is 0 Å². The van der Waals surface area contributed by atoms with E-state index in [0.717, 1.165) is 0 Å². The van der Waals surface area contributed by atoms with E-state index in [1.165, 1.54) is 77.6 Å². The Hall–Kier alpha value is -3.68. The highest BCUT2D eigenvalue weighted by Gasteiger charge is 2.29. The molecule has 4 heterocycles. The van der Waals surface area contributed by atoms with E-state index in [1.807, 2.05) is 0 Å². The number of thiophene rings is 4. The van der Waals surface area contributed by atoms with Gasteiger partial charge in [-0.25, -0.2) is 0 Å². The second-order valence-electron chi connectivity index (χ2n) is 14.1. The molecule has 0 aliphatic rings. The second kappa shape index (κ2) is 11.0. The average Bonchev–Trinajstić information content (AvgIpc) is 3.85. The summed E-state index contributed by atoms with van der Waals surface area (Å²) in [6.07, 6.45) is 0. The minimum atomic E-state index is -0.0545. The van der Waals surface area contributed by atoms with Crippen LogP contribution in [-0.4, -0.2) is 0 Å². The van der Waals surface area contributed by atoms with E-state index in [-0.39, 0.29) is 10.8 Å². The maximum absolute atomic E-state index is 2.46. The Balaban J connectivity index is 1.56. The molecule has 4 aromatic heterocycles. The first kappa shape index (κ1) is 29.7. The summed E-state index contributed by atoms with van der Waals surface area (Å²) in [6, 6.07) is 23.5. The van der Waals surface area contributed by atoms with Crippen LogP contribution in [0.15, 0.2) is 104 Å². The van der Waals surface area contributed by atoms with Gasteiger partial charge in [0, 0.05) is 32.3 Å². The van der Waals surface area contributed by atoms with E-state index in [4.69, 9.17) is 0 Å².